The van der Waals surface area contributed by atoms with Crippen LogP contribution in [0, 0.1) is 10.1 Å². The Hall–Kier alpha value is -2.74. The fourth-order valence-electron chi connectivity index (χ4n) is 2.88. The molecule has 0 spiro atoms. The van der Waals surface area contributed by atoms with E-state index < -0.39 is 4.92 Å². The molecule has 0 N–H and O–H groups in total. The third kappa shape index (κ3) is 3.45. The Bertz CT molecular complexity index is 842. The van der Waals surface area contributed by atoms with Crippen molar-refractivity contribution in [2.24, 2.45) is 0 Å². The van der Waals surface area contributed by atoms with Crippen molar-refractivity contribution in [2.75, 3.05) is 26.5 Å². The molecule has 2 aromatic carbocycles. The molecule has 1 unspecified atom stereocenters. The Morgan fingerprint density at radius 3 is 2.73 bits per heavy atom. The predicted molar refractivity (Wildman–Crippen MR) is 98.9 cm³/mol. The van der Waals surface area contributed by atoms with Crippen LogP contribution in [-0.4, -0.2) is 42.2 Å². The Labute approximate surface area is 155 Å². The average molecular weight is 374 g/mol. The summed E-state index contributed by atoms with van der Waals surface area (Å²) in [5, 5.41) is 10.8. The lowest BCUT2D eigenvalue weighted by atomic mass is 10.1. The van der Waals surface area contributed by atoms with Crippen LogP contribution in [0.3, 0.4) is 0 Å². The predicted octanol–water partition coefficient (Wildman–Crippen LogP) is 3.50. The number of carbonyl (C=O) groups excluding carboxylic acids is 1. The van der Waals surface area contributed by atoms with E-state index >= 15 is 0 Å². The van der Waals surface area contributed by atoms with Gasteiger partial charge in [0.05, 0.1) is 19.1 Å². The number of nitro groups is 1. The van der Waals surface area contributed by atoms with Crippen molar-refractivity contribution < 1.29 is 19.2 Å². The van der Waals surface area contributed by atoms with Gasteiger partial charge in [0.15, 0.2) is 0 Å². The summed E-state index contributed by atoms with van der Waals surface area (Å²) in [5.41, 5.74) is 1.08. The minimum Gasteiger partial charge on any atom is -0.497 e. The first-order valence-electron chi connectivity index (χ1n) is 7.94. The molecule has 8 heteroatoms. The summed E-state index contributed by atoms with van der Waals surface area (Å²) < 4.78 is 10.7. The highest BCUT2D eigenvalue weighted by Crippen LogP contribution is 2.43. The molecular formula is C18H18N2O5S. The summed E-state index contributed by atoms with van der Waals surface area (Å²) in [6.45, 7) is 0.562. The van der Waals surface area contributed by atoms with Crippen LogP contribution in [0.5, 0.6) is 11.5 Å². The van der Waals surface area contributed by atoms with E-state index in [2.05, 4.69) is 0 Å². The van der Waals surface area contributed by atoms with E-state index in [0.717, 1.165) is 11.3 Å². The second-order valence-electron chi connectivity index (χ2n) is 5.64. The van der Waals surface area contributed by atoms with Gasteiger partial charge in [-0.2, -0.15) is 0 Å². The van der Waals surface area contributed by atoms with Crippen LogP contribution >= 0.6 is 11.8 Å². The van der Waals surface area contributed by atoms with Crippen LogP contribution in [0.25, 0.3) is 0 Å². The SMILES string of the molecule is COc1ccc(C2SCCN2C(=O)c2cccc([N+](=O)[O-])c2)c(OC)c1. The third-order valence-corrected chi connectivity index (χ3v) is 5.40. The highest BCUT2D eigenvalue weighted by Gasteiger charge is 2.33. The molecule has 1 fully saturated rings. The summed E-state index contributed by atoms with van der Waals surface area (Å²) >= 11 is 1.63. The quantitative estimate of drug-likeness (QED) is 0.588. The molecule has 3 rings (SSSR count). The van der Waals surface area contributed by atoms with Gasteiger partial charge in [-0.1, -0.05) is 6.07 Å². The normalized spacial score (nSPS) is 16.4. The van der Waals surface area contributed by atoms with Gasteiger partial charge in [-0.3, -0.25) is 14.9 Å². The Kier molecular flexibility index (Phi) is 5.32. The largest absolute Gasteiger partial charge is 0.497 e. The number of thioether (sulfide) groups is 1. The van der Waals surface area contributed by atoms with E-state index in [1.807, 2.05) is 12.1 Å². The second kappa shape index (κ2) is 7.65. The maximum atomic E-state index is 13.0. The van der Waals surface area contributed by atoms with Crippen LogP contribution in [0.1, 0.15) is 21.3 Å². The van der Waals surface area contributed by atoms with Gasteiger partial charge in [0.2, 0.25) is 0 Å². The van der Waals surface area contributed by atoms with Gasteiger partial charge in [0.1, 0.15) is 16.9 Å². The smallest absolute Gasteiger partial charge is 0.270 e. The highest BCUT2D eigenvalue weighted by atomic mass is 32.2. The zero-order valence-electron chi connectivity index (χ0n) is 14.4. The molecule has 0 bridgehead atoms. The fourth-order valence-corrected chi connectivity index (χ4v) is 4.16. The maximum absolute atomic E-state index is 13.0. The summed E-state index contributed by atoms with van der Waals surface area (Å²) in [7, 11) is 3.15. The number of hydrogen-bond donors (Lipinski definition) is 0. The highest BCUT2D eigenvalue weighted by molar-refractivity contribution is 7.99. The number of non-ortho nitro benzene ring substituents is 1. The number of hydrogen-bond acceptors (Lipinski definition) is 6. The number of methoxy groups -OCH3 is 2. The molecule has 26 heavy (non-hydrogen) atoms. The summed E-state index contributed by atoms with van der Waals surface area (Å²) in [6.07, 6.45) is 0. The molecule has 136 valence electrons. The van der Waals surface area contributed by atoms with Crippen LogP contribution in [0.2, 0.25) is 0 Å². The lowest BCUT2D eigenvalue weighted by Gasteiger charge is -2.25. The number of nitrogens with zero attached hydrogens (tertiary/aromatic N) is 2. The first-order chi connectivity index (χ1) is 12.5. The molecule has 1 aliphatic heterocycles. The lowest BCUT2D eigenvalue weighted by Crippen LogP contribution is -2.30. The number of nitro benzene ring substituents is 1. The van der Waals surface area contributed by atoms with E-state index in [1.165, 1.54) is 18.2 Å². The molecule has 2 aromatic rings. The van der Waals surface area contributed by atoms with E-state index in [1.54, 1.807) is 43.0 Å². The third-order valence-electron chi connectivity index (χ3n) is 4.16. The monoisotopic (exact) mass is 374 g/mol. The molecule has 1 saturated heterocycles. The van der Waals surface area contributed by atoms with Crippen molar-refractivity contribution >= 4 is 23.4 Å². The average Bonchev–Trinajstić information content (AvgIpc) is 3.16. The molecule has 0 radical (unpaired) electrons. The van der Waals surface area contributed by atoms with Crippen LogP contribution in [0.15, 0.2) is 42.5 Å². The topological polar surface area (TPSA) is 81.9 Å². The summed E-state index contributed by atoms with van der Waals surface area (Å²) in [5.74, 6) is 1.85. The van der Waals surface area contributed by atoms with Crippen LogP contribution in [-0.2, 0) is 0 Å². The van der Waals surface area contributed by atoms with Crippen molar-refractivity contribution in [3.05, 3.63) is 63.7 Å². The van der Waals surface area contributed by atoms with Crippen molar-refractivity contribution in [2.45, 2.75) is 5.37 Å². The Balaban J connectivity index is 1.92. The van der Waals surface area contributed by atoms with Gasteiger partial charge < -0.3 is 14.4 Å². The van der Waals surface area contributed by atoms with Crippen LogP contribution in [0.4, 0.5) is 5.69 Å². The number of amides is 1. The molecule has 0 saturated carbocycles. The minimum atomic E-state index is -0.501. The van der Waals surface area contributed by atoms with Gasteiger partial charge in [0, 0.05) is 41.6 Å². The zero-order valence-corrected chi connectivity index (χ0v) is 15.2. The first kappa shape index (κ1) is 18.1. The number of benzene rings is 2. The molecule has 0 aromatic heterocycles. The lowest BCUT2D eigenvalue weighted by molar-refractivity contribution is -0.384. The first-order valence-corrected chi connectivity index (χ1v) is 8.99. The van der Waals surface area contributed by atoms with Gasteiger partial charge in [0.25, 0.3) is 11.6 Å². The fraction of sp³-hybridized carbons (Fsp3) is 0.278. The molecule has 1 heterocycles. The van der Waals surface area contributed by atoms with Gasteiger partial charge in [-0.15, -0.1) is 11.8 Å². The van der Waals surface area contributed by atoms with Gasteiger partial charge >= 0.3 is 0 Å². The molecule has 1 amide bonds. The van der Waals surface area contributed by atoms with E-state index in [0.29, 0.717) is 23.6 Å². The van der Waals surface area contributed by atoms with Crippen molar-refractivity contribution in [1.82, 2.24) is 4.90 Å². The van der Waals surface area contributed by atoms with E-state index in [-0.39, 0.29) is 17.0 Å². The number of rotatable bonds is 5. The second-order valence-corrected chi connectivity index (χ2v) is 6.83. The molecule has 7 nitrogen and oxygen atoms in total. The van der Waals surface area contributed by atoms with Crippen molar-refractivity contribution in [1.29, 1.82) is 0 Å². The standard InChI is InChI=1S/C18H18N2O5S/c1-24-14-6-7-15(16(11-14)25-2)18-19(8-9-26-18)17(21)12-4-3-5-13(10-12)20(22)23/h3-7,10-11,18H,8-9H2,1-2H3. The zero-order chi connectivity index (χ0) is 18.7. The molecule has 1 atom stereocenters. The van der Waals surface area contributed by atoms with E-state index in [4.69, 9.17) is 9.47 Å². The van der Waals surface area contributed by atoms with E-state index in [9.17, 15) is 14.9 Å². The molecule has 1 aliphatic rings. The minimum absolute atomic E-state index is 0.0960. The van der Waals surface area contributed by atoms with Gasteiger partial charge in [-0.05, 0) is 18.2 Å². The molecular weight excluding hydrogens is 356 g/mol. The maximum Gasteiger partial charge on any atom is 0.270 e. The molecule has 0 aliphatic carbocycles. The van der Waals surface area contributed by atoms with Crippen molar-refractivity contribution in [3.8, 4) is 11.5 Å². The number of carbonyl (C=O) groups is 1. The Morgan fingerprint density at radius 2 is 2.04 bits per heavy atom. The van der Waals surface area contributed by atoms with Crippen LogP contribution < -0.4 is 9.47 Å². The summed E-state index contributed by atoms with van der Waals surface area (Å²) in [6, 6.07) is 11.3. The Morgan fingerprint density at radius 1 is 1.23 bits per heavy atom. The van der Waals surface area contributed by atoms with Gasteiger partial charge in [-0.25, -0.2) is 0 Å². The summed E-state index contributed by atoms with van der Waals surface area (Å²) in [4.78, 5) is 25.1. The van der Waals surface area contributed by atoms with Crippen molar-refractivity contribution in [3.63, 3.8) is 0 Å². The number of ether oxygens (including phenoxy) is 2.